The lowest BCUT2D eigenvalue weighted by atomic mass is 9.55. The highest BCUT2D eigenvalue weighted by atomic mass is 16.5. The highest BCUT2D eigenvalue weighted by molar-refractivity contribution is 5.72. The van der Waals surface area contributed by atoms with Crippen LogP contribution < -0.4 is 4.74 Å². The van der Waals surface area contributed by atoms with E-state index >= 15 is 0 Å². The summed E-state index contributed by atoms with van der Waals surface area (Å²) in [6.45, 7) is 5.96. The second-order valence-corrected chi connectivity index (χ2v) is 9.57. The normalized spacial score (nSPS) is 32.7. The predicted molar refractivity (Wildman–Crippen MR) is 112 cm³/mol. The summed E-state index contributed by atoms with van der Waals surface area (Å²) in [6.07, 6.45) is 9.10. The maximum atomic E-state index is 12.0. The van der Waals surface area contributed by atoms with Crippen LogP contribution in [0.1, 0.15) is 89.2 Å². The average molecular weight is 399 g/mol. The van der Waals surface area contributed by atoms with E-state index in [2.05, 4.69) is 26.0 Å². The van der Waals surface area contributed by atoms with Gasteiger partial charge in [-0.25, -0.2) is 0 Å². The van der Waals surface area contributed by atoms with Crippen LogP contribution in [0.5, 0.6) is 5.75 Å². The molecule has 0 bridgehead atoms. The second-order valence-electron chi connectivity index (χ2n) is 9.57. The molecule has 0 aromatic heterocycles. The standard InChI is InChI=1S/C25H34O4/c1-4-5-6-24(27)29-18-8-10-19-17(15-18)7-9-21-20(19)13-14-25(3)22(21)11-12-23(25)28-16(2)26/h8,10,15,20-23H,4-7,9,11-14H2,1-3H3/t20-,21-,22+,23+,25+/m1/s1. The minimum atomic E-state index is -0.144. The predicted octanol–water partition coefficient (Wildman–Crippen LogP) is 5.57. The molecular weight excluding hydrogens is 364 g/mol. The van der Waals surface area contributed by atoms with E-state index in [0.29, 0.717) is 29.9 Å². The van der Waals surface area contributed by atoms with Gasteiger partial charge in [0.25, 0.3) is 0 Å². The number of esters is 2. The number of carbonyl (C=O) groups is 2. The molecule has 3 aliphatic rings. The van der Waals surface area contributed by atoms with Crippen molar-refractivity contribution in [3.63, 3.8) is 0 Å². The zero-order chi connectivity index (χ0) is 20.6. The Hall–Kier alpha value is -1.84. The van der Waals surface area contributed by atoms with Gasteiger partial charge in [0.1, 0.15) is 11.9 Å². The van der Waals surface area contributed by atoms with Crippen molar-refractivity contribution in [2.75, 3.05) is 0 Å². The maximum absolute atomic E-state index is 12.0. The van der Waals surface area contributed by atoms with E-state index in [0.717, 1.165) is 44.9 Å². The molecule has 0 radical (unpaired) electrons. The van der Waals surface area contributed by atoms with E-state index < -0.39 is 0 Å². The fourth-order valence-electron chi connectivity index (χ4n) is 6.47. The SMILES string of the molecule is CCCCC(=O)Oc1ccc2c(c1)CC[C@@H]1[C@@H]2CC[C@]2(C)[C@@H](OC(C)=O)CC[C@@H]12. The van der Waals surface area contributed by atoms with Crippen LogP contribution in [-0.2, 0) is 20.7 Å². The molecule has 3 aliphatic carbocycles. The van der Waals surface area contributed by atoms with E-state index in [1.807, 2.05) is 6.07 Å². The fraction of sp³-hybridized carbons (Fsp3) is 0.680. The molecule has 4 rings (SSSR count). The molecule has 4 heteroatoms. The molecule has 0 aliphatic heterocycles. The summed E-state index contributed by atoms with van der Waals surface area (Å²) in [5.74, 6) is 2.30. The van der Waals surface area contributed by atoms with Crippen LogP contribution in [0.3, 0.4) is 0 Å². The summed E-state index contributed by atoms with van der Waals surface area (Å²) in [6, 6.07) is 6.28. The van der Waals surface area contributed by atoms with Crippen molar-refractivity contribution in [2.45, 2.75) is 90.6 Å². The highest BCUT2D eigenvalue weighted by Crippen LogP contribution is 2.61. The van der Waals surface area contributed by atoms with Gasteiger partial charge in [-0.15, -0.1) is 0 Å². The number of hydrogen-bond donors (Lipinski definition) is 0. The van der Waals surface area contributed by atoms with Crippen LogP contribution in [0.2, 0.25) is 0 Å². The first-order valence-electron chi connectivity index (χ1n) is 11.4. The van der Waals surface area contributed by atoms with Crippen LogP contribution in [0.25, 0.3) is 0 Å². The highest BCUT2D eigenvalue weighted by Gasteiger charge is 2.56. The van der Waals surface area contributed by atoms with Crippen molar-refractivity contribution in [2.24, 2.45) is 17.3 Å². The first-order valence-corrected chi connectivity index (χ1v) is 11.4. The second kappa shape index (κ2) is 8.12. The number of aryl methyl sites for hydroxylation is 1. The molecule has 1 aromatic carbocycles. The number of fused-ring (bicyclic) bond motifs is 5. The molecule has 4 nitrogen and oxygen atoms in total. The molecule has 5 atom stereocenters. The van der Waals surface area contributed by atoms with Gasteiger partial charge in [-0.2, -0.15) is 0 Å². The summed E-state index contributed by atoms with van der Waals surface area (Å²) in [4.78, 5) is 23.5. The minimum absolute atomic E-state index is 0.0808. The van der Waals surface area contributed by atoms with Crippen molar-refractivity contribution >= 4 is 11.9 Å². The summed E-state index contributed by atoms with van der Waals surface area (Å²) < 4.78 is 11.3. The smallest absolute Gasteiger partial charge is 0.311 e. The maximum Gasteiger partial charge on any atom is 0.311 e. The van der Waals surface area contributed by atoms with Crippen molar-refractivity contribution in [3.05, 3.63) is 29.3 Å². The Morgan fingerprint density at radius 3 is 2.76 bits per heavy atom. The number of rotatable bonds is 5. The molecule has 0 N–H and O–H groups in total. The van der Waals surface area contributed by atoms with Gasteiger partial charge in [-0.3, -0.25) is 9.59 Å². The largest absolute Gasteiger partial charge is 0.462 e. The molecule has 0 heterocycles. The third kappa shape index (κ3) is 3.83. The van der Waals surface area contributed by atoms with Gasteiger partial charge < -0.3 is 9.47 Å². The molecule has 2 saturated carbocycles. The monoisotopic (exact) mass is 398 g/mol. The van der Waals surface area contributed by atoms with Gasteiger partial charge in [-0.1, -0.05) is 26.3 Å². The van der Waals surface area contributed by atoms with Gasteiger partial charge >= 0.3 is 11.9 Å². The lowest BCUT2D eigenvalue weighted by Crippen LogP contribution is -2.45. The Morgan fingerprint density at radius 1 is 1.17 bits per heavy atom. The molecule has 0 spiro atoms. The Bertz CT molecular complexity index is 785. The van der Waals surface area contributed by atoms with Crippen molar-refractivity contribution in [3.8, 4) is 5.75 Å². The Morgan fingerprint density at radius 2 is 2.00 bits per heavy atom. The lowest BCUT2D eigenvalue weighted by molar-refractivity contribution is -0.154. The van der Waals surface area contributed by atoms with Gasteiger partial charge in [0.15, 0.2) is 0 Å². The first-order chi connectivity index (χ1) is 13.9. The van der Waals surface area contributed by atoms with Gasteiger partial charge in [0, 0.05) is 18.8 Å². The summed E-state index contributed by atoms with van der Waals surface area (Å²) >= 11 is 0. The fourth-order valence-corrected chi connectivity index (χ4v) is 6.47. The zero-order valence-corrected chi connectivity index (χ0v) is 18.0. The summed E-state index contributed by atoms with van der Waals surface area (Å²) in [7, 11) is 0. The van der Waals surface area contributed by atoms with Gasteiger partial charge in [0.2, 0.25) is 0 Å². The molecule has 0 unspecified atom stereocenters. The van der Waals surface area contributed by atoms with Gasteiger partial charge in [0.05, 0.1) is 0 Å². The molecule has 0 amide bonds. The molecule has 1 aromatic rings. The van der Waals surface area contributed by atoms with Crippen LogP contribution >= 0.6 is 0 Å². The van der Waals surface area contributed by atoms with Crippen molar-refractivity contribution in [1.29, 1.82) is 0 Å². The lowest BCUT2D eigenvalue weighted by Gasteiger charge is -2.50. The van der Waals surface area contributed by atoms with E-state index in [4.69, 9.17) is 9.47 Å². The minimum Gasteiger partial charge on any atom is -0.462 e. The number of ether oxygens (including phenoxy) is 2. The number of benzene rings is 1. The summed E-state index contributed by atoms with van der Waals surface area (Å²) in [5, 5.41) is 0. The Kier molecular flexibility index (Phi) is 5.72. The van der Waals surface area contributed by atoms with Crippen LogP contribution in [0.15, 0.2) is 18.2 Å². The Labute approximate surface area is 174 Å². The van der Waals surface area contributed by atoms with E-state index in [9.17, 15) is 9.59 Å². The van der Waals surface area contributed by atoms with E-state index in [1.54, 1.807) is 0 Å². The topological polar surface area (TPSA) is 52.6 Å². The number of carbonyl (C=O) groups excluding carboxylic acids is 2. The van der Waals surface area contributed by atoms with Crippen molar-refractivity contribution < 1.29 is 19.1 Å². The van der Waals surface area contributed by atoms with Crippen LogP contribution in [-0.4, -0.2) is 18.0 Å². The van der Waals surface area contributed by atoms with Crippen LogP contribution in [0, 0.1) is 17.3 Å². The van der Waals surface area contributed by atoms with E-state index in [-0.39, 0.29) is 23.5 Å². The third-order valence-corrected chi connectivity index (χ3v) is 7.89. The third-order valence-electron chi connectivity index (χ3n) is 7.89. The molecule has 29 heavy (non-hydrogen) atoms. The molecule has 2 fully saturated rings. The van der Waals surface area contributed by atoms with Crippen molar-refractivity contribution in [1.82, 2.24) is 0 Å². The number of unbranched alkanes of at least 4 members (excludes halogenated alkanes) is 1. The number of hydrogen-bond acceptors (Lipinski definition) is 4. The molecule has 158 valence electrons. The van der Waals surface area contributed by atoms with Crippen LogP contribution in [0.4, 0.5) is 0 Å². The average Bonchev–Trinajstić information content (AvgIpc) is 3.02. The van der Waals surface area contributed by atoms with Gasteiger partial charge in [-0.05, 0) is 86.0 Å². The first kappa shape index (κ1) is 20.4. The Balaban J connectivity index is 1.50. The quantitative estimate of drug-likeness (QED) is 0.481. The molecule has 0 saturated heterocycles. The van der Waals surface area contributed by atoms with E-state index in [1.165, 1.54) is 24.5 Å². The summed E-state index contributed by atoms with van der Waals surface area (Å²) in [5.41, 5.74) is 2.93. The molecular formula is C25H34O4. The zero-order valence-electron chi connectivity index (χ0n) is 18.0.